The van der Waals surface area contributed by atoms with E-state index < -0.39 is 19.9 Å². The molecule has 1 amide bonds. The van der Waals surface area contributed by atoms with Crippen molar-refractivity contribution < 1.29 is 21.6 Å². The van der Waals surface area contributed by atoms with Crippen LogP contribution in [-0.4, -0.2) is 82.7 Å². The van der Waals surface area contributed by atoms with E-state index in [9.17, 15) is 21.6 Å². The lowest BCUT2D eigenvalue weighted by Gasteiger charge is -2.35. The van der Waals surface area contributed by atoms with Crippen molar-refractivity contribution in [3.05, 3.63) is 60.2 Å². The van der Waals surface area contributed by atoms with Crippen LogP contribution in [0.3, 0.4) is 0 Å². The molecule has 2 saturated heterocycles. The van der Waals surface area contributed by atoms with E-state index in [1.165, 1.54) is 21.3 Å². The van der Waals surface area contributed by atoms with Crippen LogP contribution >= 0.6 is 0 Å². The predicted molar refractivity (Wildman–Crippen MR) is 123 cm³/mol. The third kappa shape index (κ3) is 4.67. The van der Waals surface area contributed by atoms with Gasteiger partial charge in [-0.25, -0.2) is 16.8 Å². The zero-order valence-electron chi connectivity index (χ0n) is 17.9. The summed E-state index contributed by atoms with van der Waals surface area (Å²) in [6.07, 6.45) is 0.397. The molecule has 0 aromatic heterocycles. The number of benzene rings is 2. The molecule has 2 aromatic carbocycles. The Morgan fingerprint density at radius 2 is 1.69 bits per heavy atom. The van der Waals surface area contributed by atoms with Crippen LogP contribution in [0.15, 0.2) is 59.5 Å². The highest BCUT2D eigenvalue weighted by molar-refractivity contribution is 7.91. The third-order valence-corrected chi connectivity index (χ3v) is 9.80. The van der Waals surface area contributed by atoms with Gasteiger partial charge in [0.15, 0.2) is 9.84 Å². The quantitative estimate of drug-likeness (QED) is 0.647. The van der Waals surface area contributed by atoms with Gasteiger partial charge in [0.25, 0.3) is 5.91 Å². The molecule has 1 atom stereocenters. The molecule has 2 heterocycles. The second-order valence-electron chi connectivity index (χ2n) is 8.23. The Balaban J connectivity index is 1.47. The Bertz CT molecular complexity index is 1190. The number of carbonyl (C=O) groups excluding carboxylic acids is 1. The van der Waals surface area contributed by atoms with Crippen molar-refractivity contribution >= 4 is 31.5 Å². The van der Waals surface area contributed by atoms with E-state index in [0.29, 0.717) is 32.6 Å². The number of anilines is 1. The summed E-state index contributed by atoms with van der Waals surface area (Å²) in [6, 6.07) is 15.5. The van der Waals surface area contributed by atoms with Crippen molar-refractivity contribution in [1.82, 2.24) is 9.21 Å². The first kappa shape index (κ1) is 22.8. The molecule has 2 aliphatic rings. The molecule has 0 spiro atoms. The molecule has 0 aliphatic carbocycles. The molecule has 32 heavy (non-hydrogen) atoms. The maximum Gasteiger partial charge on any atom is 0.253 e. The minimum Gasteiger partial charge on any atom is -0.369 e. The van der Waals surface area contributed by atoms with E-state index in [1.807, 2.05) is 30.3 Å². The van der Waals surface area contributed by atoms with Gasteiger partial charge in [-0.05, 0) is 36.8 Å². The predicted octanol–water partition coefficient (Wildman–Crippen LogP) is 1.46. The van der Waals surface area contributed by atoms with Crippen LogP contribution in [0.25, 0.3) is 0 Å². The molecule has 4 rings (SSSR count). The van der Waals surface area contributed by atoms with Crippen LogP contribution in [0.4, 0.5) is 5.69 Å². The number of para-hydroxylation sites is 1. The van der Waals surface area contributed by atoms with Gasteiger partial charge >= 0.3 is 0 Å². The summed E-state index contributed by atoms with van der Waals surface area (Å²) >= 11 is 0. The van der Waals surface area contributed by atoms with E-state index in [0.717, 1.165) is 5.69 Å². The Morgan fingerprint density at radius 3 is 2.31 bits per heavy atom. The Labute approximate surface area is 189 Å². The molecule has 8 nitrogen and oxygen atoms in total. The monoisotopic (exact) mass is 477 g/mol. The van der Waals surface area contributed by atoms with E-state index in [1.54, 1.807) is 19.2 Å². The number of hydrogen-bond donors (Lipinski definition) is 0. The molecule has 0 N–H and O–H groups in total. The van der Waals surface area contributed by atoms with Crippen molar-refractivity contribution in [2.75, 3.05) is 49.6 Å². The SMILES string of the molecule is CN(C(=O)c1cccc(S(=O)(=O)N2CCN(c3ccccc3)CC2)c1)[C@H]1CCS(=O)(=O)C1. The Hall–Kier alpha value is -2.43. The van der Waals surface area contributed by atoms with E-state index in [2.05, 4.69) is 4.90 Å². The number of amides is 1. The molecular formula is C22H27N3O5S2. The van der Waals surface area contributed by atoms with E-state index >= 15 is 0 Å². The molecule has 172 valence electrons. The van der Waals surface area contributed by atoms with Gasteiger partial charge in [0.1, 0.15) is 0 Å². The molecule has 10 heteroatoms. The fourth-order valence-electron chi connectivity index (χ4n) is 4.21. The Morgan fingerprint density at radius 1 is 1.00 bits per heavy atom. The van der Waals surface area contributed by atoms with Gasteiger partial charge < -0.3 is 9.80 Å². The van der Waals surface area contributed by atoms with Crippen LogP contribution in [0.2, 0.25) is 0 Å². The lowest BCUT2D eigenvalue weighted by molar-refractivity contribution is 0.0747. The number of hydrogen-bond acceptors (Lipinski definition) is 6. The molecule has 2 aliphatic heterocycles. The smallest absolute Gasteiger partial charge is 0.253 e. The summed E-state index contributed by atoms with van der Waals surface area (Å²) in [6.45, 7) is 1.88. The summed E-state index contributed by atoms with van der Waals surface area (Å²) in [5.41, 5.74) is 1.30. The summed E-state index contributed by atoms with van der Waals surface area (Å²) in [5.74, 6) is -0.365. The third-order valence-electron chi connectivity index (χ3n) is 6.16. The molecule has 0 bridgehead atoms. The minimum absolute atomic E-state index is 0.0566. The van der Waals surface area contributed by atoms with Crippen LogP contribution in [0, 0.1) is 0 Å². The number of rotatable bonds is 5. The van der Waals surface area contributed by atoms with Gasteiger partial charge in [-0.15, -0.1) is 0 Å². The van der Waals surface area contributed by atoms with Crippen molar-refractivity contribution in [3.8, 4) is 0 Å². The summed E-state index contributed by atoms with van der Waals surface area (Å²) < 4.78 is 51.4. The van der Waals surface area contributed by atoms with Crippen LogP contribution in [-0.2, 0) is 19.9 Å². The zero-order valence-corrected chi connectivity index (χ0v) is 19.6. The number of carbonyl (C=O) groups is 1. The van der Waals surface area contributed by atoms with E-state index in [-0.39, 0.29) is 33.9 Å². The average molecular weight is 478 g/mol. The average Bonchev–Trinajstić information content (AvgIpc) is 3.18. The van der Waals surface area contributed by atoms with Crippen LogP contribution < -0.4 is 4.90 Å². The maximum absolute atomic E-state index is 13.2. The first-order valence-electron chi connectivity index (χ1n) is 10.6. The van der Waals surface area contributed by atoms with Crippen molar-refractivity contribution in [1.29, 1.82) is 0 Å². The molecule has 2 aromatic rings. The van der Waals surface area contributed by atoms with Gasteiger partial charge in [0.2, 0.25) is 10.0 Å². The van der Waals surface area contributed by atoms with Gasteiger partial charge in [-0.2, -0.15) is 4.31 Å². The maximum atomic E-state index is 13.2. The van der Waals surface area contributed by atoms with Gasteiger partial charge in [-0.1, -0.05) is 24.3 Å². The van der Waals surface area contributed by atoms with Crippen molar-refractivity contribution in [2.45, 2.75) is 17.4 Å². The van der Waals surface area contributed by atoms with E-state index in [4.69, 9.17) is 0 Å². The van der Waals surface area contributed by atoms with Crippen LogP contribution in [0.1, 0.15) is 16.8 Å². The second-order valence-corrected chi connectivity index (χ2v) is 12.4. The van der Waals surface area contributed by atoms with Crippen LogP contribution in [0.5, 0.6) is 0 Å². The fraction of sp³-hybridized carbons (Fsp3) is 0.409. The normalized spacial score (nSPS) is 21.4. The first-order valence-corrected chi connectivity index (χ1v) is 13.8. The second kappa shape index (κ2) is 8.84. The molecule has 2 fully saturated rings. The van der Waals surface area contributed by atoms with Gasteiger partial charge in [-0.3, -0.25) is 4.79 Å². The number of sulfonamides is 1. The number of sulfone groups is 1. The minimum atomic E-state index is -3.75. The summed E-state index contributed by atoms with van der Waals surface area (Å²) in [5, 5.41) is 0. The largest absolute Gasteiger partial charge is 0.369 e. The fourth-order valence-corrected chi connectivity index (χ4v) is 7.46. The molecular weight excluding hydrogens is 450 g/mol. The standard InChI is InChI=1S/C22H27N3O5S2/c1-23(20-10-15-31(27,28)17-20)22(26)18-6-5-9-21(16-18)32(29,30)25-13-11-24(12-14-25)19-7-3-2-4-8-19/h2-9,16,20H,10-15,17H2,1H3/t20-/m0/s1. The summed E-state index contributed by atoms with van der Waals surface area (Å²) in [7, 11) is -5.31. The molecule has 0 radical (unpaired) electrons. The van der Waals surface area contributed by atoms with Gasteiger partial charge in [0.05, 0.1) is 16.4 Å². The lowest BCUT2D eigenvalue weighted by atomic mass is 10.1. The first-order chi connectivity index (χ1) is 15.2. The number of piperazine rings is 1. The van der Waals surface area contributed by atoms with Gasteiger partial charge in [0, 0.05) is 50.5 Å². The number of nitrogens with zero attached hydrogens (tertiary/aromatic N) is 3. The highest BCUT2D eigenvalue weighted by Gasteiger charge is 2.34. The lowest BCUT2D eigenvalue weighted by Crippen LogP contribution is -2.48. The molecule has 0 unspecified atom stereocenters. The highest BCUT2D eigenvalue weighted by Crippen LogP contribution is 2.23. The highest BCUT2D eigenvalue weighted by atomic mass is 32.2. The topological polar surface area (TPSA) is 95.1 Å². The summed E-state index contributed by atoms with van der Waals surface area (Å²) in [4.78, 5) is 16.5. The molecule has 0 saturated carbocycles. The van der Waals surface area contributed by atoms with Crippen molar-refractivity contribution in [3.63, 3.8) is 0 Å². The zero-order chi connectivity index (χ0) is 22.9. The Kier molecular flexibility index (Phi) is 6.28. The van der Waals surface area contributed by atoms with Crippen molar-refractivity contribution in [2.24, 2.45) is 0 Å².